The molecule has 1 amide bonds. The lowest BCUT2D eigenvalue weighted by molar-refractivity contribution is -0.142. The van der Waals surface area contributed by atoms with E-state index >= 15 is 0 Å². The minimum absolute atomic E-state index is 0.0627. The van der Waals surface area contributed by atoms with Crippen molar-refractivity contribution in [2.24, 2.45) is 5.92 Å². The molecule has 1 unspecified atom stereocenters. The number of carboxylic acid groups (broad SMARTS) is 1. The van der Waals surface area contributed by atoms with Crippen LogP contribution in [-0.2, 0) is 9.59 Å². The summed E-state index contributed by atoms with van der Waals surface area (Å²) in [6, 6.07) is 6.28. The Morgan fingerprint density at radius 1 is 1.41 bits per heavy atom. The molecule has 5 heteroatoms. The molecule has 1 aromatic carbocycles. The zero-order valence-electron chi connectivity index (χ0n) is 9.17. The first-order chi connectivity index (χ1) is 8.08. The minimum Gasteiger partial charge on any atom is -0.508 e. The van der Waals surface area contributed by atoms with Gasteiger partial charge in [0.1, 0.15) is 5.75 Å². The molecule has 1 aliphatic heterocycles. The third-order valence-electron chi connectivity index (χ3n) is 2.90. The fraction of sp³-hybridized carbons (Fsp3) is 0.333. The summed E-state index contributed by atoms with van der Waals surface area (Å²) in [7, 11) is 0. The quantitative estimate of drug-likeness (QED) is 0.807. The monoisotopic (exact) mass is 235 g/mol. The molecule has 0 aromatic heterocycles. The fourth-order valence-corrected chi connectivity index (χ4v) is 1.96. The van der Waals surface area contributed by atoms with Gasteiger partial charge in [0.2, 0.25) is 5.91 Å². The zero-order valence-corrected chi connectivity index (χ0v) is 9.17. The Labute approximate surface area is 98.3 Å². The molecule has 0 spiro atoms. The van der Waals surface area contributed by atoms with E-state index < -0.39 is 11.9 Å². The van der Waals surface area contributed by atoms with E-state index in [1.54, 1.807) is 12.1 Å². The first-order valence-electron chi connectivity index (χ1n) is 5.40. The van der Waals surface area contributed by atoms with E-state index in [0.717, 1.165) is 0 Å². The summed E-state index contributed by atoms with van der Waals surface area (Å²) in [6.45, 7) is 0.164. The van der Waals surface area contributed by atoms with Crippen molar-refractivity contribution in [3.63, 3.8) is 0 Å². The molecule has 0 radical (unpaired) electrons. The molecule has 2 rings (SSSR count). The normalized spacial score (nSPS) is 20.4. The van der Waals surface area contributed by atoms with Crippen molar-refractivity contribution >= 4 is 17.6 Å². The number of carbonyl (C=O) groups excluding carboxylic acids is 1. The Morgan fingerprint density at radius 3 is 2.82 bits per heavy atom. The van der Waals surface area contributed by atoms with E-state index in [9.17, 15) is 14.7 Å². The zero-order chi connectivity index (χ0) is 12.4. The van der Waals surface area contributed by atoms with Crippen LogP contribution in [0.15, 0.2) is 24.3 Å². The Hall–Kier alpha value is -2.04. The Morgan fingerprint density at radius 2 is 2.18 bits per heavy atom. The van der Waals surface area contributed by atoms with E-state index in [0.29, 0.717) is 12.1 Å². The standard InChI is InChI=1S/C12H13NO4/c14-10-3-1-2-9(6-10)13-7-8(12(16)17)4-5-11(13)15/h1-3,6,8,14H,4-5,7H2,(H,16,17). The van der Waals surface area contributed by atoms with Crippen LogP contribution in [0.1, 0.15) is 12.8 Å². The lowest BCUT2D eigenvalue weighted by atomic mass is 9.97. The number of rotatable bonds is 2. The lowest BCUT2D eigenvalue weighted by Gasteiger charge is -2.30. The highest BCUT2D eigenvalue weighted by molar-refractivity contribution is 5.95. The van der Waals surface area contributed by atoms with Crippen LogP contribution in [0.4, 0.5) is 5.69 Å². The van der Waals surface area contributed by atoms with E-state index in [2.05, 4.69) is 0 Å². The second-order valence-electron chi connectivity index (χ2n) is 4.10. The van der Waals surface area contributed by atoms with Crippen molar-refractivity contribution in [1.29, 1.82) is 0 Å². The number of piperidine rings is 1. The number of hydrogen-bond donors (Lipinski definition) is 2. The lowest BCUT2D eigenvalue weighted by Crippen LogP contribution is -2.42. The van der Waals surface area contributed by atoms with Crippen LogP contribution in [0.25, 0.3) is 0 Å². The minimum atomic E-state index is -0.886. The maximum atomic E-state index is 11.7. The van der Waals surface area contributed by atoms with Gasteiger partial charge in [-0.25, -0.2) is 0 Å². The van der Waals surface area contributed by atoms with E-state index in [-0.39, 0.29) is 24.6 Å². The van der Waals surface area contributed by atoms with Crippen LogP contribution in [0.2, 0.25) is 0 Å². The number of phenolic OH excluding ortho intramolecular Hbond substituents is 1. The molecule has 0 aliphatic carbocycles. The van der Waals surface area contributed by atoms with Crippen LogP contribution in [-0.4, -0.2) is 28.6 Å². The van der Waals surface area contributed by atoms with Gasteiger partial charge in [-0.1, -0.05) is 6.07 Å². The van der Waals surface area contributed by atoms with E-state index in [1.165, 1.54) is 17.0 Å². The van der Waals surface area contributed by atoms with Gasteiger partial charge in [0.15, 0.2) is 0 Å². The fourth-order valence-electron chi connectivity index (χ4n) is 1.96. The first kappa shape index (κ1) is 11.4. The van der Waals surface area contributed by atoms with Gasteiger partial charge in [-0.05, 0) is 18.6 Å². The van der Waals surface area contributed by atoms with Crippen LogP contribution < -0.4 is 4.90 Å². The highest BCUT2D eigenvalue weighted by Crippen LogP contribution is 2.26. The number of carboxylic acids is 1. The number of hydrogen-bond acceptors (Lipinski definition) is 3. The van der Waals surface area contributed by atoms with Crippen molar-refractivity contribution < 1.29 is 19.8 Å². The molecule has 2 N–H and O–H groups in total. The molecular weight excluding hydrogens is 222 g/mol. The van der Waals surface area contributed by atoms with Gasteiger partial charge < -0.3 is 15.1 Å². The second kappa shape index (κ2) is 4.45. The Bertz CT molecular complexity index is 458. The van der Waals surface area contributed by atoms with Crippen molar-refractivity contribution in [3.8, 4) is 5.75 Å². The summed E-state index contributed by atoms with van der Waals surface area (Å²) in [5, 5.41) is 18.3. The first-order valence-corrected chi connectivity index (χ1v) is 5.40. The molecule has 1 fully saturated rings. The van der Waals surface area contributed by atoms with Crippen LogP contribution in [0, 0.1) is 5.92 Å². The van der Waals surface area contributed by atoms with Gasteiger partial charge in [0, 0.05) is 24.7 Å². The SMILES string of the molecule is O=C(O)C1CCC(=O)N(c2cccc(O)c2)C1. The summed E-state index contributed by atoms with van der Waals surface area (Å²) >= 11 is 0. The highest BCUT2D eigenvalue weighted by Gasteiger charge is 2.30. The summed E-state index contributed by atoms with van der Waals surface area (Å²) in [4.78, 5) is 24.1. The molecule has 5 nitrogen and oxygen atoms in total. The number of phenols is 1. The Kier molecular flexibility index (Phi) is 2.99. The smallest absolute Gasteiger partial charge is 0.308 e. The van der Waals surface area contributed by atoms with Crippen LogP contribution >= 0.6 is 0 Å². The summed E-state index contributed by atoms with van der Waals surface area (Å²) < 4.78 is 0. The second-order valence-corrected chi connectivity index (χ2v) is 4.10. The molecular formula is C12H13NO4. The third kappa shape index (κ3) is 2.38. The number of benzene rings is 1. The van der Waals surface area contributed by atoms with Gasteiger partial charge in [0.05, 0.1) is 5.92 Å². The number of carbonyl (C=O) groups is 2. The molecule has 0 saturated carbocycles. The van der Waals surface area contributed by atoms with Gasteiger partial charge in [-0.3, -0.25) is 9.59 Å². The topological polar surface area (TPSA) is 77.8 Å². The number of anilines is 1. The van der Waals surface area contributed by atoms with Crippen molar-refractivity contribution in [2.75, 3.05) is 11.4 Å². The summed E-state index contributed by atoms with van der Waals surface area (Å²) in [5.41, 5.74) is 0.543. The number of amides is 1. The predicted molar refractivity (Wildman–Crippen MR) is 60.8 cm³/mol. The molecule has 1 aliphatic rings. The van der Waals surface area contributed by atoms with Crippen molar-refractivity contribution in [1.82, 2.24) is 0 Å². The largest absolute Gasteiger partial charge is 0.508 e. The number of aliphatic carboxylic acids is 1. The Balaban J connectivity index is 2.23. The average Bonchev–Trinajstić information content (AvgIpc) is 2.29. The highest BCUT2D eigenvalue weighted by atomic mass is 16.4. The average molecular weight is 235 g/mol. The molecule has 90 valence electrons. The maximum Gasteiger partial charge on any atom is 0.308 e. The van der Waals surface area contributed by atoms with Crippen molar-refractivity contribution in [2.45, 2.75) is 12.8 Å². The van der Waals surface area contributed by atoms with Gasteiger partial charge >= 0.3 is 5.97 Å². The van der Waals surface area contributed by atoms with Crippen LogP contribution in [0.3, 0.4) is 0 Å². The molecule has 1 aromatic rings. The van der Waals surface area contributed by atoms with Crippen molar-refractivity contribution in [3.05, 3.63) is 24.3 Å². The molecule has 17 heavy (non-hydrogen) atoms. The maximum absolute atomic E-state index is 11.7. The molecule has 1 heterocycles. The summed E-state index contributed by atoms with van der Waals surface area (Å²) in [5.74, 6) is -1.46. The molecule has 0 bridgehead atoms. The third-order valence-corrected chi connectivity index (χ3v) is 2.90. The van der Waals surface area contributed by atoms with Gasteiger partial charge in [0.25, 0.3) is 0 Å². The van der Waals surface area contributed by atoms with Gasteiger partial charge in [-0.2, -0.15) is 0 Å². The van der Waals surface area contributed by atoms with Crippen LogP contribution in [0.5, 0.6) is 5.75 Å². The van der Waals surface area contributed by atoms with E-state index in [1.807, 2.05) is 0 Å². The number of nitrogens with zero attached hydrogens (tertiary/aromatic N) is 1. The molecule has 1 saturated heterocycles. The molecule has 1 atom stereocenters. The number of aromatic hydroxyl groups is 1. The van der Waals surface area contributed by atoms with Gasteiger partial charge in [-0.15, -0.1) is 0 Å². The van der Waals surface area contributed by atoms with E-state index in [4.69, 9.17) is 5.11 Å². The summed E-state index contributed by atoms with van der Waals surface area (Å²) in [6.07, 6.45) is 0.607. The predicted octanol–water partition coefficient (Wildman–Crippen LogP) is 1.22.